The standard InChI is InChI=1S/C19H20N2O2/c1-13-11-15(3)17(12-14(13)2)22-10-9-18-20-21-19(23-18)16-7-5-4-6-8-16/h4-8,11-12H,9-10H2,1-3H3. The van der Waals surface area contributed by atoms with E-state index in [2.05, 4.69) is 43.1 Å². The van der Waals surface area contributed by atoms with Crippen LogP contribution in [0.4, 0.5) is 0 Å². The smallest absolute Gasteiger partial charge is 0.247 e. The third kappa shape index (κ3) is 3.59. The third-order valence-corrected chi connectivity index (χ3v) is 3.85. The van der Waals surface area contributed by atoms with Crippen molar-refractivity contribution < 1.29 is 9.15 Å². The molecule has 0 N–H and O–H groups in total. The fourth-order valence-corrected chi connectivity index (χ4v) is 2.39. The van der Waals surface area contributed by atoms with Crippen LogP contribution in [0.15, 0.2) is 46.9 Å². The molecule has 0 saturated heterocycles. The van der Waals surface area contributed by atoms with E-state index >= 15 is 0 Å². The maximum absolute atomic E-state index is 5.86. The van der Waals surface area contributed by atoms with Crippen LogP contribution in [0, 0.1) is 20.8 Å². The first kappa shape index (κ1) is 15.3. The molecule has 0 bridgehead atoms. The van der Waals surface area contributed by atoms with Crippen molar-refractivity contribution in [2.24, 2.45) is 0 Å². The van der Waals surface area contributed by atoms with Crippen LogP contribution in [0.25, 0.3) is 11.5 Å². The summed E-state index contributed by atoms with van der Waals surface area (Å²) in [4.78, 5) is 0. The van der Waals surface area contributed by atoms with E-state index in [0.29, 0.717) is 24.8 Å². The van der Waals surface area contributed by atoms with Crippen LogP contribution in [0.2, 0.25) is 0 Å². The summed E-state index contributed by atoms with van der Waals surface area (Å²) >= 11 is 0. The van der Waals surface area contributed by atoms with Crippen LogP contribution in [-0.4, -0.2) is 16.8 Å². The lowest BCUT2D eigenvalue weighted by atomic mass is 10.1. The van der Waals surface area contributed by atoms with Gasteiger partial charge in [-0.2, -0.15) is 0 Å². The Balaban J connectivity index is 1.62. The Morgan fingerprint density at radius 1 is 0.913 bits per heavy atom. The monoisotopic (exact) mass is 308 g/mol. The van der Waals surface area contributed by atoms with Crippen LogP contribution in [0.5, 0.6) is 5.75 Å². The van der Waals surface area contributed by atoms with E-state index < -0.39 is 0 Å². The van der Waals surface area contributed by atoms with Gasteiger partial charge in [-0.05, 0) is 55.7 Å². The molecule has 3 aromatic rings. The van der Waals surface area contributed by atoms with Crippen LogP contribution in [-0.2, 0) is 6.42 Å². The van der Waals surface area contributed by atoms with E-state index in [0.717, 1.165) is 16.9 Å². The predicted octanol–water partition coefficient (Wildman–Crippen LogP) is 4.28. The quantitative estimate of drug-likeness (QED) is 0.705. The Hall–Kier alpha value is -2.62. The number of nitrogens with zero attached hydrogens (tertiary/aromatic N) is 2. The average molecular weight is 308 g/mol. The van der Waals surface area contributed by atoms with Gasteiger partial charge in [0.1, 0.15) is 5.75 Å². The maximum Gasteiger partial charge on any atom is 0.247 e. The number of rotatable bonds is 5. The van der Waals surface area contributed by atoms with Gasteiger partial charge >= 0.3 is 0 Å². The summed E-state index contributed by atoms with van der Waals surface area (Å²) in [5.74, 6) is 2.05. The third-order valence-electron chi connectivity index (χ3n) is 3.85. The molecule has 118 valence electrons. The van der Waals surface area contributed by atoms with Crippen LogP contribution >= 0.6 is 0 Å². The molecular weight excluding hydrogens is 288 g/mol. The number of aryl methyl sites for hydroxylation is 3. The normalized spacial score (nSPS) is 10.7. The van der Waals surface area contributed by atoms with Crippen molar-refractivity contribution in [1.82, 2.24) is 10.2 Å². The summed E-state index contributed by atoms with van der Waals surface area (Å²) in [6.07, 6.45) is 0.589. The van der Waals surface area contributed by atoms with Crippen molar-refractivity contribution in [2.45, 2.75) is 27.2 Å². The summed E-state index contributed by atoms with van der Waals surface area (Å²) in [6, 6.07) is 14.0. The summed E-state index contributed by atoms with van der Waals surface area (Å²) in [5, 5.41) is 8.16. The molecule has 3 rings (SSSR count). The maximum atomic E-state index is 5.86. The molecule has 1 heterocycles. The molecule has 0 aliphatic carbocycles. The summed E-state index contributed by atoms with van der Waals surface area (Å²) in [5.41, 5.74) is 4.58. The fourth-order valence-electron chi connectivity index (χ4n) is 2.39. The van der Waals surface area contributed by atoms with Gasteiger partial charge in [-0.15, -0.1) is 10.2 Å². The van der Waals surface area contributed by atoms with Gasteiger partial charge in [0.15, 0.2) is 0 Å². The minimum absolute atomic E-state index is 0.514. The van der Waals surface area contributed by atoms with Gasteiger partial charge in [0.2, 0.25) is 11.8 Å². The van der Waals surface area contributed by atoms with Gasteiger partial charge in [-0.25, -0.2) is 0 Å². The lowest BCUT2D eigenvalue weighted by Crippen LogP contribution is -2.03. The van der Waals surface area contributed by atoms with E-state index in [1.165, 1.54) is 11.1 Å². The molecule has 0 fully saturated rings. The molecular formula is C19H20N2O2. The van der Waals surface area contributed by atoms with Crippen molar-refractivity contribution in [3.8, 4) is 17.2 Å². The van der Waals surface area contributed by atoms with E-state index in [1.807, 2.05) is 30.3 Å². The summed E-state index contributed by atoms with van der Waals surface area (Å²) in [6.45, 7) is 6.77. The lowest BCUT2D eigenvalue weighted by molar-refractivity contribution is 0.305. The SMILES string of the molecule is Cc1cc(C)c(OCCc2nnc(-c3ccccc3)o2)cc1C. The van der Waals surface area contributed by atoms with Crippen LogP contribution in [0.3, 0.4) is 0 Å². The van der Waals surface area contributed by atoms with Gasteiger partial charge in [-0.1, -0.05) is 24.3 Å². The van der Waals surface area contributed by atoms with Gasteiger partial charge in [-0.3, -0.25) is 0 Å². The van der Waals surface area contributed by atoms with Gasteiger partial charge in [0.05, 0.1) is 13.0 Å². The molecule has 4 nitrogen and oxygen atoms in total. The zero-order valence-corrected chi connectivity index (χ0v) is 13.7. The van der Waals surface area contributed by atoms with Gasteiger partial charge in [0, 0.05) is 5.56 Å². The topological polar surface area (TPSA) is 48.2 Å². The first-order valence-electron chi connectivity index (χ1n) is 7.72. The fraction of sp³-hybridized carbons (Fsp3) is 0.263. The van der Waals surface area contributed by atoms with Crippen LogP contribution < -0.4 is 4.74 Å². The van der Waals surface area contributed by atoms with Crippen molar-refractivity contribution in [2.75, 3.05) is 6.61 Å². The zero-order chi connectivity index (χ0) is 16.2. The number of aromatic nitrogens is 2. The highest BCUT2D eigenvalue weighted by Gasteiger charge is 2.09. The van der Waals surface area contributed by atoms with Gasteiger partial charge in [0.25, 0.3) is 0 Å². The second kappa shape index (κ2) is 6.65. The highest BCUT2D eigenvalue weighted by Crippen LogP contribution is 2.23. The molecule has 0 atom stereocenters. The van der Waals surface area contributed by atoms with Crippen molar-refractivity contribution >= 4 is 0 Å². The Kier molecular flexibility index (Phi) is 4.42. The zero-order valence-electron chi connectivity index (χ0n) is 13.7. The first-order valence-corrected chi connectivity index (χ1v) is 7.72. The second-order valence-corrected chi connectivity index (χ2v) is 5.67. The number of benzene rings is 2. The first-order chi connectivity index (χ1) is 11.1. The van der Waals surface area contributed by atoms with E-state index in [-0.39, 0.29) is 0 Å². The number of ether oxygens (including phenoxy) is 1. The second-order valence-electron chi connectivity index (χ2n) is 5.67. The molecule has 23 heavy (non-hydrogen) atoms. The molecule has 4 heteroatoms. The summed E-state index contributed by atoms with van der Waals surface area (Å²) in [7, 11) is 0. The molecule has 0 unspecified atom stereocenters. The minimum Gasteiger partial charge on any atom is -0.493 e. The molecule has 2 aromatic carbocycles. The molecule has 0 radical (unpaired) electrons. The summed E-state index contributed by atoms with van der Waals surface area (Å²) < 4.78 is 11.5. The predicted molar refractivity (Wildman–Crippen MR) is 89.6 cm³/mol. The van der Waals surface area contributed by atoms with Crippen molar-refractivity contribution in [1.29, 1.82) is 0 Å². The van der Waals surface area contributed by atoms with E-state index in [9.17, 15) is 0 Å². The highest BCUT2D eigenvalue weighted by molar-refractivity contribution is 5.51. The lowest BCUT2D eigenvalue weighted by Gasteiger charge is -2.10. The van der Waals surface area contributed by atoms with Crippen LogP contribution in [0.1, 0.15) is 22.6 Å². The molecule has 1 aromatic heterocycles. The molecule has 0 amide bonds. The Morgan fingerprint density at radius 2 is 1.65 bits per heavy atom. The largest absolute Gasteiger partial charge is 0.493 e. The Morgan fingerprint density at radius 3 is 2.43 bits per heavy atom. The molecule has 0 saturated carbocycles. The average Bonchev–Trinajstić information content (AvgIpc) is 3.02. The highest BCUT2D eigenvalue weighted by atomic mass is 16.5. The Labute approximate surface area is 136 Å². The number of hydrogen-bond acceptors (Lipinski definition) is 4. The minimum atomic E-state index is 0.514. The Bertz CT molecular complexity index is 794. The van der Waals surface area contributed by atoms with E-state index in [4.69, 9.17) is 9.15 Å². The van der Waals surface area contributed by atoms with Crippen molar-refractivity contribution in [3.63, 3.8) is 0 Å². The van der Waals surface area contributed by atoms with Gasteiger partial charge < -0.3 is 9.15 Å². The molecule has 0 spiro atoms. The van der Waals surface area contributed by atoms with Crippen molar-refractivity contribution in [3.05, 3.63) is 65.0 Å². The molecule has 0 aliphatic heterocycles. The number of hydrogen-bond donors (Lipinski definition) is 0. The molecule has 0 aliphatic rings. The van der Waals surface area contributed by atoms with E-state index in [1.54, 1.807) is 0 Å².